The van der Waals surface area contributed by atoms with Crippen LogP contribution in [0.1, 0.15) is 28.8 Å². The Labute approximate surface area is 154 Å². The maximum atomic E-state index is 12.8. The van der Waals surface area contributed by atoms with Crippen LogP contribution in [0, 0.1) is 0 Å². The lowest BCUT2D eigenvalue weighted by atomic mass is 9.95. The van der Waals surface area contributed by atoms with Gasteiger partial charge in [-0.3, -0.25) is 14.5 Å². The molecule has 0 N–H and O–H groups in total. The molecule has 26 heavy (non-hydrogen) atoms. The number of rotatable bonds is 3. The van der Waals surface area contributed by atoms with Gasteiger partial charge in [-0.2, -0.15) is 0 Å². The Kier molecular flexibility index (Phi) is 5.22. The predicted molar refractivity (Wildman–Crippen MR) is 98.0 cm³/mol. The highest BCUT2D eigenvalue weighted by Crippen LogP contribution is 2.25. The molecule has 0 unspecified atom stereocenters. The fraction of sp³-hybridized carbons (Fsp3) is 0.600. The number of nitrogens with zero attached hydrogens (tertiary/aromatic N) is 3. The van der Waals surface area contributed by atoms with Crippen molar-refractivity contribution in [3.8, 4) is 0 Å². The number of piperidine rings is 1. The first kappa shape index (κ1) is 17.5. The number of morpholine rings is 1. The van der Waals surface area contributed by atoms with Crippen molar-refractivity contribution in [1.82, 2.24) is 14.7 Å². The van der Waals surface area contributed by atoms with Gasteiger partial charge in [0, 0.05) is 44.3 Å². The molecule has 0 spiro atoms. The Morgan fingerprint density at radius 1 is 1.04 bits per heavy atom. The Morgan fingerprint density at radius 2 is 1.77 bits per heavy atom. The lowest BCUT2D eigenvalue weighted by Crippen LogP contribution is -2.52. The standard InChI is InChI=1S/C20H27N3O3/c24-19(22-11-13-26-14-12-22)15-21-8-6-17(7-9-21)23-10-5-16-3-1-2-4-18(16)20(23)25/h1-4,17H,5-15H2. The zero-order chi connectivity index (χ0) is 17.9. The summed E-state index contributed by atoms with van der Waals surface area (Å²) in [5, 5.41) is 0. The first-order valence-corrected chi connectivity index (χ1v) is 9.69. The molecule has 140 valence electrons. The van der Waals surface area contributed by atoms with Gasteiger partial charge >= 0.3 is 0 Å². The smallest absolute Gasteiger partial charge is 0.254 e. The van der Waals surface area contributed by atoms with Gasteiger partial charge in [-0.25, -0.2) is 0 Å². The van der Waals surface area contributed by atoms with Crippen LogP contribution in [0.2, 0.25) is 0 Å². The Balaban J connectivity index is 1.30. The summed E-state index contributed by atoms with van der Waals surface area (Å²) in [7, 11) is 0. The molecule has 3 aliphatic heterocycles. The van der Waals surface area contributed by atoms with Crippen molar-refractivity contribution in [3.05, 3.63) is 35.4 Å². The van der Waals surface area contributed by atoms with Gasteiger partial charge in [-0.15, -0.1) is 0 Å². The first-order valence-electron chi connectivity index (χ1n) is 9.69. The van der Waals surface area contributed by atoms with Crippen LogP contribution in [0.5, 0.6) is 0 Å². The number of hydrogen-bond acceptors (Lipinski definition) is 4. The van der Waals surface area contributed by atoms with E-state index in [1.165, 1.54) is 5.56 Å². The van der Waals surface area contributed by atoms with Crippen molar-refractivity contribution in [2.45, 2.75) is 25.3 Å². The van der Waals surface area contributed by atoms with Crippen molar-refractivity contribution in [3.63, 3.8) is 0 Å². The van der Waals surface area contributed by atoms with Gasteiger partial charge in [0.15, 0.2) is 0 Å². The number of amides is 2. The van der Waals surface area contributed by atoms with Gasteiger partial charge in [-0.05, 0) is 30.9 Å². The summed E-state index contributed by atoms with van der Waals surface area (Å²) in [6, 6.07) is 8.25. The predicted octanol–water partition coefficient (Wildman–Crippen LogP) is 1.01. The summed E-state index contributed by atoms with van der Waals surface area (Å²) < 4.78 is 5.31. The van der Waals surface area contributed by atoms with E-state index in [0.717, 1.165) is 44.5 Å². The van der Waals surface area contributed by atoms with E-state index < -0.39 is 0 Å². The van der Waals surface area contributed by atoms with Gasteiger partial charge in [0.05, 0.1) is 19.8 Å². The van der Waals surface area contributed by atoms with Crippen LogP contribution in [0.15, 0.2) is 24.3 Å². The van der Waals surface area contributed by atoms with E-state index in [2.05, 4.69) is 15.9 Å². The molecule has 0 radical (unpaired) electrons. The topological polar surface area (TPSA) is 53.1 Å². The van der Waals surface area contributed by atoms with Gasteiger partial charge in [0.2, 0.25) is 5.91 Å². The van der Waals surface area contributed by atoms with Crippen molar-refractivity contribution in [1.29, 1.82) is 0 Å². The highest BCUT2D eigenvalue weighted by Gasteiger charge is 2.32. The Hall–Kier alpha value is -1.92. The second-order valence-electron chi connectivity index (χ2n) is 7.41. The summed E-state index contributed by atoms with van der Waals surface area (Å²) in [6.45, 7) is 5.77. The molecule has 6 nitrogen and oxygen atoms in total. The van der Waals surface area contributed by atoms with E-state index in [-0.39, 0.29) is 11.8 Å². The molecule has 0 bridgehead atoms. The van der Waals surface area contributed by atoms with E-state index in [9.17, 15) is 9.59 Å². The van der Waals surface area contributed by atoms with Crippen LogP contribution in [0.3, 0.4) is 0 Å². The third kappa shape index (κ3) is 3.62. The van der Waals surface area contributed by atoms with Crippen molar-refractivity contribution >= 4 is 11.8 Å². The lowest BCUT2D eigenvalue weighted by molar-refractivity contribution is -0.136. The Morgan fingerprint density at radius 3 is 2.54 bits per heavy atom. The van der Waals surface area contributed by atoms with Crippen molar-refractivity contribution in [2.24, 2.45) is 0 Å². The molecule has 3 heterocycles. The zero-order valence-electron chi connectivity index (χ0n) is 15.2. The highest BCUT2D eigenvalue weighted by molar-refractivity contribution is 5.96. The van der Waals surface area contributed by atoms with Gasteiger partial charge < -0.3 is 14.5 Å². The molecule has 0 aromatic heterocycles. The van der Waals surface area contributed by atoms with Crippen LogP contribution in [-0.2, 0) is 16.0 Å². The molecule has 2 fully saturated rings. The molecule has 2 amide bonds. The van der Waals surface area contributed by atoms with Crippen LogP contribution in [-0.4, -0.2) is 85.0 Å². The molecule has 0 saturated carbocycles. The van der Waals surface area contributed by atoms with Crippen molar-refractivity contribution < 1.29 is 14.3 Å². The minimum atomic E-state index is 0.176. The molecular weight excluding hydrogens is 330 g/mol. The summed E-state index contributed by atoms with van der Waals surface area (Å²) in [6.07, 6.45) is 2.84. The molecule has 1 aromatic rings. The van der Waals surface area contributed by atoms with Gasteiger partial charge in [0.1, 0.15) is 0 Å². The summed E-state index contributed by atoms with van der Waals surface area (Å²) in [4.78, 5) is 31.4. The van der Waals surface area contributed by atoms with Gasteiger partial charge in [-0.1, -0.05) is 18.2 Å². The number of benzene rings is 1. The monoisotopic (exact) mass is 357 g/mol. The average molecular weight is 357 g/mol. The lowest BCUT2D eigenvalue weighted by Gasteiger charge is -2.40. The summed E-state index contributed by atoms with van der Waals surface area (Å²) >= 11 is 0. The highest BCUT2D eigenvalue weighted by atomic mass is 16.5. The molecule has 6 heteroatoms. The zero-order valence-corrected chi connectivity index (χ0v) is 15.2. The molecule has 4 rings (SSSR count). The third-order valence-electron chi connectivity index (χ3n) is 5.85. The summed E-state index contributed by atoms with van der Waals surface area (Å²) in [5.41, 5.74) is 2.03. The van der Waals surface area contributed by atoms with E-state index in [1.807, 2.05) is 23.1 Å². The SMILES string of the molecule is O=C(CN1CCC(N2CCc3ccccc3C2=O)CC1)N1CCOCC1. The number of hydrogen-bond donors (Lipinski definition) is 0. The maximum absolute atomic E-state index is 12.8. The number of ether oxygens (including phenoxy) is 1. The number of carbonyl (C=O) groups is 2. The normalized spacial score (nSPS) is 22.4. The van der Waals surface area contributed by atoms with E-state index in [1.54, 1.807) is 0 Å². The number of fused-ring (bicyclic) bond motifs is 1. The summed E-state index contributed by atoms with van der Waals surface area (Å²) in [5.74, 6) is 0.379. The molecule has 0 atom stereocenters. The molecule has 3 aliphatic rings. The molecule has 0 aliphatic carbocycles. The first-order chi connectivity index (χ1) is 12.7. The second kappa shape index (κ2) is 7.76. The molecule has 2 saturated heterocycles. The maximum Gasteiger partial charge on any atom is 0.254 e. The second-order valence-corrected chi connectivity index (χ2v) is 7.41. The fourth-order valence-electron chi connectivity index (χ4n) is 4.29. The van der Waals surface area contributed by atoms with Crippen LogP contribution >= 0.6 is 0 Å². The van der Waals surface area contributed by atoms with Crippen LogP contribution in [0.25, 0.3) is 0 Å². The third-order valence-corrected chi connectivity index (χ3v) is 5.85. The van der Waals surface area contributed by atoms with Gasteiger partial charge in [0.25, 0.3) is 5.91 Å². The average Bonchev–Trinajstić information content (AvgIpc) is 2.70. The number of carbonyl (C=O) groups excluding carboxylic acids is 2. The van der Waals surface area contributed by atoms with E-state index >= 15 is 0 Å². The number of likely N-dealkylation sites (tertiary alicyclic amines) is 1. The quantitative estimate of drug-likeness (QED) is 0.810. The van der Waals surface area contributed by atoms with Crippen LogP contribution < -0.4 is 0 Å². The van der Waals surface area contributed by atoms with E-state index in [4.69, 9.17) is 4.74 Å². The minimum absolute atomic E-state index is 0.176. The minimum Gasteiger partial charge on any atom is -0.378 e. The van der Waals surface area contributed by atoms with E-state index in [0.29, 0.717) is 38.9 Å². The molecular formula is C20H27N3O3. The largest absolute Gasteiger partial charge is 0.378 e. The van der Waals surface area contributed by atoms with Crippen LogP contribution in [0.4, 0.5) is 0 Å². The fourth-order valence-corrected chi connectivity index (χ4v) is 4.29. The van der Waals surface area contributed by atoms with Crippen molar-refractivity contribution in [2.75, 3.05) is 52.5 Å². The Bertz CT molecular complexity index is 664. The molecule has 1 aromatic carbocycles.